The van der Waals surface area contributed by atoms with Crippen molar-refractivity contribution in [3.05, 3.63) is 67.8 Å². The van der Waals surface area contributed by atoms with Gasteiger partial charge in [-0.1, -0.05) is 0 Å². The maximum absolute atomic E-state index is 13.3. The van der Waals surface area contributed by atoms with Crippen molar-refractivity contribution < 1.29 is 36.2 Å². The molecule has 0 aliphatic heterocycles. The van der Waals surface area contributed by atoms with Gasteiger partial charge in [-0.15, -0.1) is 0 Å². The van der Waals surface area contributed by atoms with E-state index >= 15 is 0 Å². The highest BCUT2D eigenvalue weighted by atomic mass is 19.4. The topological polar surface area (TPSA) is 86.3 Å². The van der Waals surface area contributed by atoms with Crippen LogP contribution in [0.25, 0.3) is 11.1 Å². The van der Waals surface area contributed by atoms with E-state index in [4.69, 9.17) is 0 Å². The molecule has 0 fully saturated rings. The molecule has 0 N–H and O–H groups in total. The van der Waals surface area contributed by atoms with Crippen LogP contribution in [0.1, 0.15) is 11.1 Å². The highest BCUT2D eigenvalue weighted by Crippen LogP contribution is 2.46. The molecule has 2 rings (SSSR count). The molecule has 0 amide bonds. The molecule has 2 aromatic rings. The van der Waals surface area contributed by atoms with Crippen LogP contribution in [0.3, 0.4) is 0 Å². The fourth-order valence-electron chi connectivity index (χ4n) is 2.24. The van der Waals surface area contributed by atoms with Crippen LogP contribution in [0, 0.1) is 20.2 Å². The van der Waals surface area contributed by atoms with Gasteiger partial charge in [-0.25, -0.2) is 0 Å². The lowest BCUT2D eigenvalue weighted by Crippen LogP contribution is -2.15. The second kappa shape index (κ2) is 6.28. The first-order valence-electron chi connectivity index (χ1n) is 6.54. The molecule has 6 nitrogen and oxygen atoms in total. The van der Waals surface area contributed by atoms with Crippen LogP contribution in [0.15, 0.2) is 36.4 Å². The Morgan fingerprint density at radius 1 is 0.692 bits per heavy atom. The van der Waals surface area contributed by atoms with E-state index in [0.717, 1.165) is 12.1 Å². The second-order valence-electron chi connectivity index (χ2n) is 4.97. The van der Waals surface area contributed by atoms with E-state index in [-0.39, 0.29) is 12.1 Å². The zero-order valence-electron chi connectivity index (χ0n) is 12.3. The monoisotopic (exact) mass is 380 g/mol. The average Bonchev–Trinajstić information content (AvgIpc) is 2.52. The molecule has 0 atom stereocenters. The number of halogens is 6. The van der Waals surface area contributed by atoms with Crippen LogP contribution < -0.4 is 0 Å². The molecular formula is C14H6F6N2O4. The number of nitrogens with zero attached hydrogens (tertiary/aromatic N) is 2. The standard InChI is InChI=1S/C14H6F6N2O4/c15-13(16,17)10-5-9(22(25)26)6-11(14(18,19)20)12(10)7-1-3-8(4-2-7)21(23)24/h1-6H. The zero-order chi connectivity index (χ0) is 19.9. The van der Waals surface area contributed by atoms with E-state index < -0.39 is 55.8 Å². The number of nitro benzene ring substituents is 2. The number of benzene rings is 2. The minimum Gasteiger partial charge on any atom is -0.258 e. The van der Waals surface area contributed by atoms with Gasteiger partial charge in [0.25, 0.3) is 11.4 Å². The molecule has 0 aliphatic carbocycles. The minimum absolute atomic E-state index is 0.00795. The highest BCUT2D eigenvalue weighted by molar-refractivity contribution is 5.75. The van der Waals surface area contributed by atoms with Crippen molar-refractivity contribution in [3.63, 3.8) is 0 Å². The SMILES string of the molecule is O=[N+]([O-])c1ccc(-c2c(C(F)(F)F)cc([N+](=O)[O-])cc2C(F)(F)F)cc1. The molecule has 0 radical (unpaired) electrons. The summed E-state index contributed by atoms with van der Waals surface area (Å²) in [6.07, 6.45) is -10.7. The van der Waals surface area contributed by atoms with Crippen molar-refractivity contribution in [1.82, 2.24) is 0 Å². The Labute approximate surface area is 140 Å². The molecule has 0 heterocycles. The minimum atomic E-state index is -5.33. The summed E-state index contributed by atoms with van der Waals surface area (Å²) in [6, 6.07) is 2.87. The van der Waals surface area contributed by atoms with Crippen LogP contribution >= 0.6 is 0 Å². The Morgan fingerprint density at radius 3 is 1.38 bits per heavy atom. The first kappa shape index (κ1) is 19.1. The third kappa shape index (κ3) is 3.73. The maximum Gasteiger partial charge on any atom is 0.417 e. The molecule has 0 saturated carbocycles. The van der Waals surface area contributed by atoms with Gasteiger partial charge in [-0.3, -0.25) is 20.2 Å². The van der Waals surface area contributed by atoms with Crippen LogP contribution in [-0.2, 0) is 12.4 Å². The molecule has 0 saturated heterocycles. The fraction of sp³-hybridized carbons (Fsp3) is 0.143. The summed E-state index contributed by atoms with van der Waals surface area (Å²) >= 11 is 0. The van der Waals surface area contributed by atoms with Crippen LogP contribution in [0.4, 0.5) is 37.7 Å². The van der Waals surface area contributed by atoms with Crippen molar-refractivity contribution in [2.24, 2.45) is 0 Å². The van der Waals surface area contributed by atoms with Crippen molar-refractivity contribution in [1.29, 1.82) is 0 Å². The van der Waals surface area contributed by atoms with Crippen molar-refractivity contribution in [2.75, 3.05) is 0 Å². The van der Waals surface area contributed by atoms with Crippen molar-refractivity contribution >= 4 is 11.4 Å². The lowest BCUT2D eigenvalue weighted by Gasteiger charge is -2.19. The zero-order valence-corrected chi connectivity index (χ0v) is 12.3. The number of hydrogen-bond acceptors (Lipinski definition) is 4. The molecule has 0 spiro atoms. The number of rotatable bonds is 3. The molecule has 12 heteroatoms. The molecule has 0 bridgehead atoms. The second-order valence-corrected chi connectivity index (χ2v) is 4.97. The van der Waals surface area contributed by atoms with Gasteiger partial charge in [0, 0.05) is 29.8 Å². The largest absolute Gasteiger partial charge is 0.417 e. The molecule has 138 valence electrons. The van der Waals surface area contributed by atoms with Crippen molar-refractivity contribution in [3.8, 4) is 11.1 Å². The normalized spacial score (nSPS) is 12.1. The summed E-state index contributed by atoms with van der Waals surface area (Å²) in [4.78, 5) is 19.1. The number of hydrogen-bond donors (Lipinski definition) is 0. The van der Waals surface area contributed by atoms with Crippen molar-refractivity contribution in [2.45, 2.75) is 12.4 Å². The quantitative estimate of drug-likeness (QED) is 0.416. The number of alkyl halides is 6. The molecular weight excluding hydrogens is 374 g/mol. The van der Waals surface area contributed by atoms with Gasteiger partial charge < -0.3 is 0 Å². The summed E-state index contributed by atoms with van der Waals surface area (Å²) in [7, 11) is 0. The Kier molecular flexibility index (Phi) is 4.62. The Hall–Kier alpha value is -3.18. The average molecular weight is 380 g/mol. The van der Waals surface area contributed by atoms with Crippen LogP contribution in [0.5, 0.6) is 0 Å². The van der Waals surface area contributed by atoms with Gasteiger partial charge in [0.05, 0.1) is 21.0 Å². The van der Waals surface area contributed by atoms with Crippen LogP contribution in [0.2, 0.25) is 0 Å². The molecule has 0 aliphatic rings. The van der Waals surface area contributed by atoms with Gasteiger partial charge in [0.1, 0.15) is 0 Å². The number of nitro groups is 2. The van der Waals surface area contributed by atoms with Crippen LogP contribution in [-0.4, -0.2) is 9.85 Å². The van der Waals surface area contributed by atoms with Gasteiger partial charge >= 0.3 is 12.4 Å². The summed E-state index contributed by atoms with van der Waals surface area (Å²) in [5.74, 6) is 0. The molecule has 26 heavy (non-hydrogen) atoms. The third-order valence-corrected chi connectivity index (χ3v) is 3.31. The molecule has 0 aromatic heterocycles. The van der Waals surface area contributed by atoms with E-state index in [0.29, 0.717) is 12.1 Å². The lowest BCUT2D eigenvalue weighted by atomic mass is 9.92. The van der Waals surface area contributed by atoms with Gasteiger partial charge in [-0.2, -0.15) is 26.3 Å². The fourth-order valence-corrected chi connectivity index (χ4v) is 2.24. The predicted octanol–water partition coefficient (Wildman–Crippen LogP) is 5.21. The van der Waals surface area contributed by atoms with E-state index in [1.807, 2.05) is 0 Å². The lowest BCUT2D eigenvalue weighted by molar-refractivity contribution is -0.385. The van der Waals surface area contributed by atoms with E-state index in [1.165, 1.54) is 0 Å². The summed E-state index contributed by atoms with van der Waals surface area (Å²) in [5, 5.41) is 21.3. The van der Waals surface area contributed by atoms with Gasteiger partial charge in [0.2, 0.25) is 0 Å². The maximum atomic E-state index is 13.3. The molecule has 0 unspecified atom stereocenters. The Bertz CT molecular complexity index is 839. The summed E-state index contributed by atoms with van der Waals surface area (Å²) in [5.41, 5.74) is -7.62. The Balaban J connectivity index is 2.88. The Morgan fingerprint density at radius 2 is 1.08 bits per heavy atom. The first-order chi connectivity index (χ1) is 11.8. The molecule has 2 aromatic carbocycles. The smallest absolute Gasteiger partial charge is 0.258 e. The predicted molar refractivity (Wildman–Crippen MR) is 75.2 cm³/mol. The third-order valence-electron chi connectivity index (χ3n) is 3.31. The highest BCUT2D eigenvalue weighted by Gasteiger charge is 2.43. The summed E-state index contributed by atoms with van der Waals surface area (Å²) < 4.78 is 79.5. The van der Waals surface area contributed by atoms with E-state index in [2.05, 4.69) is 0 Å². The van der Waals surface area contributed by atoms with E-state index in [9.17, 15) is 46.6 Å². The first-order valence-corrected chi connectivity index (χ1v) is 6.54. The van der Waals surface area contributed by atoms with Gasteiger partial charge in [0.15, 0.2) is 0 Å². The van der Waals surface area contributed by atoms with E-state index in [1.54, 1.807) is 0 Å². The number of non-ortho nitro benzene ring substituents is 2. The summed E-state index contributed by atoms with van der Waals surface area (Å²) in [6.45, 7) is 0. The van der Waals surface area contributed by atoms with Gasteiger partial charge in [-0.05, 0) is 17.7 Å².